The molecule has 0 aliphatic carbocycles. The van der Waals surface area contributed by atoms with Crippen LogP contribution in [0, 0.1) is 6.92 Å². The second-order valence-electron chi connectivity index (χ2n) is 5.76. The molecule has 4 rings (SSSR count). The molecule has 3 aromatic heterocycles. The minimum atomic E-state index is -0.105. The Labute approximate surface area is 157 Å². The Bertz CT molecular complexity index is 1070. The van der Waals surface area contributed by atoms with Gasteiger partial charge in [0.2, 0.25) is 0 Å². The molecule has 3 heterocycles. The predicted octanol–water partition coefficient (Wildman–Crippen LogP) is 5.39. The number of hydrogen-bond donors (Lipinski definition) is 1. The van der Waals surface area contributed by atoms with Gasteiger partial charge in [-0.15, -0.1) is 11.3 Å². The molecule has 4 aromatic rings. The van der Waals surface area contributed by atoms with Crippen molar-refractivity contribution in [1.29, 1.82) is 0 Å². The van der Waals surface area contributed by atoms with Crippen LogP contribution < -0.4 is 5.32 Å². The second-order valence-corrected chi connectivity index (χ2v) is 7.58. The molecule has 25 heavy (non-hydrogen) atoms. The van der Waals surface area contributed by atoms with Crippen LogP contribution in [-0.4, -0.2) is 15.3 Å². The molecule has 0 saturated heterocycles. The number of nitrogens with one attached hydrogen (secondary N) is 1. The van der Waals surface area contributed by atoms with Crippen LogP contribution in [0.1, 0.15) is 15.2 Å². The van der Waals surface area contributed by atoms with E-state index >= 15 is 0 Å². The lowest BCUT2D eigenvalue weighted by Crippen LogP contribution is -2.09. The lowest BCUT2D eigenvalue weighted by atomic mass is 10.1. The molecule has 1 amide bonds. The maximum atomic E-state index is 12.2. The molecule has 0 fully saturated rings. The van der Waals surface area contributed by atoms with Gasteiger partial charge in [-0.2, -0.15) is 0 Å². The minimum absolute atomic E-state index is 0.105. The zero-order chi connectivity index (χ0) is 17.4. The highest BCUT2D eigenvalue weighted by Crippen LogP contribution is 2.24. The molecule has 6 heteroatoms. The monoisotopic (exact) mass is 411 g/mol. The van der Waals surface area contributed by atoms with E-state index in [4.69, 9.17) is 0 Å². The molecule has 0 radical (unpaired) electrons. The fourth-order valence-electron chi connectivity index (χ4n) is 2.57. The summed E-state index contributed by atoms with van der Waals surface area (Å²) in [6.45, 7) is 2.05. The van der Waals surface area contributed by atoms with E-state index in [2.05, 4.69) is 45.3 Å². The average Bonchev–Trinajstić information content (AvgIpc) is 3.21. The van der Waals surface area contributed by atoms with Gasteiger partial charge in [0.1, 0.15) is 5.65 Å². The lowest BCUT2D eigenvalue weighted by Gasteiger charge is -2.04. The molecular weight excluding hydrogens is 398 g/mol. The number of carbonyl (C=O) groups is 1. The number of fused-ring (bicyclic) bond motifs is 1. The van der Waals surface area contributed by atoms with Crippen molar-refractivity contribution in [2.75, 3.05) is 5.32 Å². The highest BCUT2D eigenvalue weighted by Gasteiger charge is 2.09. The topological polar surface area (TPSA) is 46.4 Å². The molecule has 124 valence electrons. The van der Waals surface area contributed by atoms with Crippen LogP contribution in [0.25, 0.3) is 16.9 Å². The minimum Gasteiger partial charge on any atom is -0.321 e. The van der Waals surface area contributed by atoms with Crippen LogP contribution in [-0.2, 0) is 0 Å². The Morgan fingerprint density at radius 2 is 2.00 bits per heavy atom. The predicted molar refractivity (Wildman–Crippen MR) is 105 cm³/mol. The molecule has 1 aromatic carbocycles. The average molecular weight is 412 g/mol. The normalized spacial score (nSPS) is 11.0. The fourth-order valence-corrected chi connectivity index (χ4v) is 3.89. The summed E-state index contributed by atoms with van der Waals surface area (Å²) in [5.41, 5.74) is 4.79. The third-order valence-electron chi connectivity index (χ3n) is 3.85. The van der Waals surface area contributed by atoms with Gasteiger partial charge in [-0.3, -0.25) is 4.79 Å². The van der Waals surface area contributed by atoms with Gasteiger partial charge in [-0.05, 0) is 58.7 Å². The molecule has 0 saturated carbocycles. The summed E-state index contributed by atoms with van der Waals surface area (Å²) in [6, 6.07) is 13.6. The third-order valence-corrected chi connectivity index (χ3v) is 5.54. The van der Waals surface area contributed by atoms with Crippen molar-refractivity contribution in [3.63, 3.8) is 0 Å². The van der Waals surface area contributed by atoms with Crippen LogP contribution in [0.3, 0.4) is 0 Å². The summed E-state index contributed by atoms with van der Waals surface area (Å²) in [7, 11) is 0. The number of thiophene rings is 1. The number of benzene rings is 1. The van der Waals surface area contributed by atoms with E-state index < -0.39 is 0 Å². The number of rotatable bonds is 3. The Morgan fingerprint density at radius 1 is 1.20 bits per heavy atom. The van der Waals surface area contributed by atoms with Crippen LogP contribution in [0.15, 0.2) is 64.7 Å². The van der Waals surface area contributed by atoms with Crippen molar-refractivity contribution in [1.82, 2.24) is 9.38 Å². The first-order valence-corrected chi connectivity index (χ1v) is 9.37. The van der Waals surface area contributed by atoms with Gasteiger partial charge in [-0.25, -0.2) is 4.98 Å². The zero-order valence-electron chi connectivity index (χ0n) is 13.4. The van der Waals surface area contributed by atoms with Crippen LogP contribution in [0.4, 0.5) is 5.69 Å². The van der Waals surface area contributed by atoms with Gasteiger partial charge in [0.05, 0.1) is 10.6 Å². The number of imidazole rings is 1. The number of pyridine rings is 1. The number of aromatic nitrogens is 2. The van der Waals surface area contributed by atoms with Crippen LogP contribution in [0.2, 0.25) is 0 Å². The van der Waals surface area contributed by atoms with Gasteiger partial charge >= 0.3 is 0 Å². The van der Waals surface area contributed by atoms with Crippen molar-refractivity contribution in [2.45, 2.75) is 6.92 Å². The van der Waals surface area contributed by atoms with E-state index in [0.717, 1.165) is 27.1 Å². The lowest BCUT2D eigenvalue weighted by molar-refractivity contribution is 0.103. The first kappa shape index (κ1) is 16.1. The van der Waals surface area contributed by atoms with Crippen LogP contribution in [0.5, 0.6) is 0 Å². The number of nitrogens with zero attached hydrogens (tertiary/aromatic N) is 2. The van der Waals surface area contributed by atoms with E-state index in [0.29, 0.717) is 4.88 Å². The second kappa shape index (κ2) is 6.46. The van der Waals surface area contributed by atoms with E-state index in [1.165, 1.54) is 16.9 Å². The number of hydrogen-bond acceptors (Lipinski definition) is 3. The summed E-state index contributed by atoms with van der Waals surface area (Å²) >= 11 is 4.77. The Kier molecular flexibility index (Phi) is 4.15. The first-order valence-electron chi connectivity index (χ1n) is 7.70. The van der Waals surface area contributed by atoms with Crippen molar-refractivity contribution in [2.24, 2.45) is 0 Å². The summed E-state index contributed by atoms with van der Waals surface area (Å²) in [6.07, 6.45) is 4.01. The first-order chi connectivity index (χ1) is 12.1. The molecule has 0 aliphatic rings. The fraction of sp³-hybridized carbons (Fsp3) is 0.0526. The smallest absolute Gasteiger partial charge is 0.265 e. The molecule has 0 unspecified atom stereocenters. The molecule has 4 nitrogen and oxygen atoms in total. The van der Waals surface area contributed by atoms with Gasteiger partial charge in [0.25, 0.3) is 5.91 Å². The molecule has 0 spiro atoms. The molecule has 0 bridgehead atoms. The van der Waals surface area contributed by atoms with Gasteiger partial charge < -0.3 is 9.72 Å². The summed E-state index contributed by atoms with van der Waals surface area (Å²) in [5, 5.41) is 4.80. The molecule has 0 aliphatic heterocycles. The maximum Gasteiger partial charge on any atom is 0.265 e. The third kappa shape index (κ3) is 3.36. The SMILES string of the molecule is Cc1ccn2cc(-c3ccc(NC(=O)c4cc(Br)cs4)cc3)nc2c1. The Hall–Kier alpha value is -2.44. The summed E-state index contributed by atoms with van der Waals surface area (Å²) < 4.78 is 2.92. The van der Waals surface area contributed by atoms with E-state index in [1.807, 2.05) is 52.5 Å². The zero-order valence-corrected chi connectivity index (χ0v) is 15.8. The van der Waals surface area contributed by atoms with Gasteiger partial charge in [0.15, 0.2) is 0 Å². The Morgan fingerprint density at radius 3 is 2.72 bits per heavy atom. The van der Waals surface area contributed by atoms with E-state index in [-0.39, 0.29) is 5.91 Å². The summed E-state index contributed by atoms with van der Waals surface area (Å²) in [5.74, 6) is -0.105. The number of aryl methyl sites for hydroxylation is 1. The highest BCUT2D eigenvalue weighted by molar-refractivity contribution is 9.10. The van der Waals surface area contributed by atoms with E-state index in [1.54, 1.807) is 0 Å². The van der Waals surface area contributed by atoms with Crippen molar-refractivity contribution < 1.29 is 4.79 Å². The molecule has 1 N–H and O–H groups in total. The quantitative estimate of drug-likeness (QED) is 0.491. The number of amides is 1. The van der Waals surface area contributed by atoms with Gasteiger partial charge in [0, 0.05) is 33.5 Å². The number of halogens is 1. The highest BCUT2D eigenvalue weighted by atomic mass is 79.9. The number of carbonyl (C=O) groups excluding carboxylic acids is 1. The van der Waals surface area contributed by atoms with Crippen molar-refractivity contribution in [3.8, 4) is 11.3 Å². The van der Waals surface area contributed by atoms with Crippen molar-refractivity contribution >= 4 is 44.5 Å². The Balaban J connectivity index is 1.55. The molecule has 0 atom stereocenters. The molecular formula is C19H14BrN3OS. The summed E-state index contributed by atoms with van der Waals surface area (Å²) in [4.78, 5) is 17.5. The van der Waals surface area contributed by atoms with E-state index in [9.17, 15) is 4.79 Å². The van der Waals surface area contributed by atoms with Crippen molar-refractivity contribution in [3.05, 3.63) is 75.2 Å². The van der Waals surface area contributed by atoms with Crippen LogP contribution >= 0.6 is 27.3 Å². The standard InChI is InChI=1S/C19H14BrN3OS/c1-12-6-7-23-10-16(22-18(23)8-12)13-2-4-15(5-3-13)21-19(24)17-9-14(20)11-25-17/h2-11H,1H3,(H,21,24). The largest absolute Gasteiger partial charge is 0.321 e. The maximum absolute atomic E-state index is 12.2. The number of anilines is 1. The van der Waals surface area contributed by atoms with Gasteiger partial charge in [-0.1, -0.05) is 12.1 Å².